The quantitative estimate of drug-likeness (QED) is 0.728. The predicted octanol–water partition coefficient (Wildman–Crippen LogP) is 1.33. The van der Waals surface area contributed by atoms with Crippen molar-refractivity contribution in [3.05, 3.63) is 29.3 Å². The highest BCUT2D eigenvalue weighted by atomic mass is 32.2. The van der Waals surface area contributed by atoms with Crippen LogP contribution in [-0.4, -0.2) is 40.3 Å². The summed E-state index contributed by atoms with van der Waals surface area (Å²) in [6.07, 6.45) is -0.760. The van der Waals surface area contributed by atoms with Crippen molar-refractivity contribution in [3.8, 4) is 0 Å². The lowest BCUT2D eigenvalue weighted by Crippen LogP contribution is -2.19. The Kier molecular flexibility index (Phi) is 6.18. The van der Waals surface area contributed by atoms with Gasteiger partial charge in [-0.1, -0.05) is 17.7 Å². The molecule has 18 heavy (non-hydrogen) atoms. The first-order valence-corrected chi connectivity index (χ1v) is 6.92. The van der Waals surface area contributed by atoms with E-state index in [1.165, 1.54) is 11.8 Å². The maximum Gasteiger partial charge on any atom is 0.234 e. The number of thioether (sulfide) groups is 1. The summed E-state index contributed by atoms with van der Waals surface area (Å²) in [5.41, 5.74) is 3.00. The molecule has 0 saturated heterocycles. The van der Waals surface area contributed by atoms with Crippen LogP contribution >= 0.6 is 11.8 Å². The van der Waals surface area contributed by atoms with E-state index in [2.05, 4.69) is 5.32 Å². The fraction of sp³-hybridized carbons (Fsp3) is 0.462. The van der Waals surface area contributed by atoms with Crippen molar-refractivity contribution in [3.63, 3.8) is 0 Å². The molecule has 1 atom stereocenters. The third-order valence-electron chi connectivity index (χ3n) is 2.41. The van der Waals surface area contributed by atoms with Crippen molar-refractivity contribution in [2.75, 3.05) is 23.4 Å². The van der Waals surface area contributed by atoms with Crippen LogP contribution in [0.15, 0.2) is 18.2 Å². The molecule has 1 rings (SSSR count). The van der Waals surface area contributed by atoms with E-state index in [1.54, 1.807) is 0 Å². The molecule has 5 heteroatoms. The number of rotatable bonds is 6. The first-order valence-electron chi connectivity index (χ1n) is 5.76. The monoisotopic (exact) mass is 269 g/mol. The smallest absolute Gasteiger partial charge is 0.234 e. The molecule has 0 aliphatic rings. The van der Waals surface area contributed by atoms with Gasteiger partial charge in [0.1, 0.15) is 0 Å². The second kappa shape index (κ2) is 7.41. The summed E-state index contributed by atoms with van der Waals surface area (Å²) in [5.74, 6) is 0.526. The van der Waals surface area contributed by atoms with Gasteiger partial charge in [-0.25, -0.2) is 0 Å². The van der Waals surface area contributed by atoms with E-state index >= 15 is 0 Å². The zero-order valence-corrected chi connectivity index (χ0v) is 11.5. The number of carbonyl (C=O) groups is 1. The molecule has 0 saturated carbocycles. The molecule has 3 N–H and O–H groups in total. The average molecular weight is 269 g/mol. The van der Waals surface area contributed by atoms with Crippen LogP contribution in [0.2, 0.25) is 0 Å². The molecule has 0 fully saturated rings. The average Bonchev–Trinajstić information content (AvgIpc) is 2.32. The van der Waals surface area contributed by atoms with Crippen LogP contribution in [0.4, 0.5) is 5.69 Å². The second-order valence-corrected chi connectivity index (χ2v) is 5.25. The summed E-state index contributed by atoms with van der Waals surface area (Å²) in [4.78, 5) is 11.6. The number of aryl methyl sites for hydroxylation is 2. The van der Waals surface area contributed by atoms with Crippen molar-refractivity contribution in [2.24, 2.45) is 0 Å². The van der Waals surface area contributed by atoms with Gasteiger partial charge in [0, 0.05) is 11.4 Å². The molecular weight excluding hydrogens is 250 g/mol. The Morgan fingerprint density at radius 2 is 2.17 bits per heavy atom. The summed E-state index contributed by atoms with van der Waals surface area (Å²) >= 11 is 1.30. The Balaban J connectivity index is 2.40. The third kappa shape index (κ3) is 5.08. The number of aliphatic hydroxyl groups excluding tert-OH is 2. The molecule has 0 radical (unpaired) electrons. The van der Waals surface area contributed by atoms with Gasteiger partial charge < -0.3 is 15.5 Å². The van der Waals surface area contributed by atoms with E-state index in [-0.39, 0.29) is 18.3 Å². The molecule has 0 heterocycles. The molecule has 0 aliphatic heterocycles. The lowest BCUT2D eigenvalue weighted by molar-refractivity contribution is -0.113. The molecule has 4 nitrogen and oxygen atoms in total. The van der Waals surface area contributed by atoms with Crippen LogP contribution in [0.1, 0.15) is 11.1 Å². The number of carbonyl (C=O) groups excluding carboxylic acids is 1. The fourth-order valence-corrected chi connectivity index (χ4v) is 2.23. The highest BCUT2D eigenvalue weighted by Gasteiger charge is 2.07. The molecule has 100 valence electrons. The Hall–Kier alpha value is -1.04. The Labute approximate surface area is 111 Å². The highest BCUT2D eigenvalue weighted by Crippen LogP contribution is 2.16. The lowest BCUT2D eigenvalue weighted by atomic mass is 10.1. The minimum absolute atomic E-state index is 0.0999. The fourth-order valence-electron chi connectivity index (χ4n) is 1.48. The maximum absolute atomic E-state index is 11.6. The molecule has 1 unspecified atom stereocenters. The van der Waals surface area contributed by atoms with Crippen LogP contribution in [0.25, 0.3) is 0 Å². The molecule has 0 spiro atoms. The van der Waals surface area contributed by atoms with Crippen LogP contribution in [0.3, 0.4) is 0 Å². The molecule has 0 bridgehead atoms. The van der Waals surface area contributed by atoms with Gasteiger partial charge in [-0.05, 0) is 25.5 Å². The van der Waals surface area contributed by atoms with Crippen LogP contribution in [-0.2, 0) is 4.79 Å². The van der Waals surface area contributed by atoms with E-state index in [4.69, 9.17) is 10.2 Å². The first kappa shape index (κ1) is 15.0. The normalized spacial score (nSPS) is 12.2. The summed E-state index contributed by atoms with van der Waals surface area (Å²) in [6, 6.07) is 5.85. The zero-order chi connectivity index (χ0) is 13.5. The number of hydrogen-bond acceptors (Lipinski definition) is 4. The summed E-state index contributed by atoms with van der Waals surface area (Å²) < 4.78 is 0. The largest absolute Gasteiger partial charge is 0.394 e. The Morgan fingerprint density at radius 3 is 2.78 bits per heavy atom. The van der Waals surface area contributed by atoms with E-state index in [0.29, 0.717) is 5.75 Å². The number of amides is 1. The van der Waals surface area contributed by atoms with Crippen LogP contribution in [0, 0.1) is 13.8 Å². The van der Waals surface area contributed by atoms with Gasteiger partial charge in [0.2, 0.25) is 5.91 Å². The Bertz CT molecular complexity index is 409. The number of anilines is 1. The molecular formula is C13H19NO3S. The molecule has 1 amide bonds. The van der Waals surface area contributed by atoms with E-state index in [1.807, 2.05) is 32.0 Å². The summed E-state index contributed by atoms with van der Waals surface area (Å²) in [6.45, 7) is 3.68. The standard InChI is InChI=1S/C13H19NO3S/c1-9-3-4-12(10(2)5-9)14-13(17)8-18-7-11(16)6-15/h3-5,11,15-16H,6-8H2,1-2H3,(H,14,17). The number of benzene rings is 1. The summed E-state index contributed by atoms with van der Waals surface area (Å²) in [7, 11) is 0. The van der Waals surface area contributed by atoms with Crippen LogP contribution < -0.4 is 5.32 Å². The van der Waals surface area contributed by atoms with Crippen molar-refractivity contribution in [1.29, 1.82) is 0 Å². The van der Waals surface area contributed by atoms with Gasteiger partial charge in [-0.15, -0.1) is 11.8 Å². The SMILES string of the molecule is Cc1ccc(NC(=O)CSCC(O)CO)c(C)c1. The first-order chi connectivity index (χ1) is 8.52. The minimum atomic E-state index is -0.760. The van der Waals surface area contributed by atoms with Crippen molar-refractivity contribution in [1.82, 2.24) is 0 Å². The minimum Gasteiger partial charge on any atom is -0.394 e. The molecule has 1 aromatic rings. The number of nitrogens with one attached hydrogen (secondary N) is 1. The van der Waals surface area contributed by atoms with Crippen LogP contribution in [0.5, 0.6) is 0 Å². The van der Waals surface area contributed by atoms with Crippen molar-refractivity contribution >= 4 is 23.4 Å². The topological polar surface area (TPSA) is 69.6 Å². The van der Waals surface area contributed by atoms with E-state index in [9.17, 15) is 4.79 Å². The zero-order valence-electron chi connectivity index (χ0n) is 10.6. The van der Waals surface area contributed by atoms with Gasteiger partial charge in [-0.2, -0.15) is 0 Å². The maximum atomic E-state index is 11.6. The molecule has 0 aromatic heterocycles. The Morgan fingerprint density at radius 1 is 1.44 bits per heavy atom. The number of hydrogen-bond donors (Lipinski definition) is 3. The van der Waals surface area contributed by atoms with Gasteiger partial charge in [-0.3, -0.25) is 4.79 Å². The third-order valence-corrected chi connectivity index (χ3v) is 3.50. The predicted molar refractivity (Wildman–Crippen MR) is 75.0 cm³/mol. The van der Waals surface area contributed by atoms with Gasteiger partial charge in [0.05, 0.1) is 18.5 Å². The van der Waals surface area contributed by atoms with Crippen molar-refractivity contribution in [2.45, 2.75) is 20.0 Å². The molecule has 0 aliphatic carbocycles. The van der Waals surface area contributed by atoms with E-state index < -0.39 is 6.10 Å². The van der Waals surface area contributed by atoms with E-state index in [0.717, 1.165) is 16.8 Å². The van der Waals surface area contributed by atoms with Gasteiger partial charge >= 0.3 is 0 Å². The van der Waals surface area contributed by atoms with Gasteiger partial charge in [0.25, 0.3) is 0 Å². The lowest BCUT2D eigenvalue weighted by Gasteiger charge is -2.10. The highest BCUT2D eigenvalue weighted by molar-refractivity contribution is 8.00. The molecule has 1 aromatic carbocycles. The number of aliphatic hydroxyl groups is 2. The summed E-state index contributed by atoms with van der Waals surface area (Å²) in [5, 5.41) is 20.6. The van der Waals surface area contributed by atoms with Crippen molar-refractivity contribution < 1.29 is 15.0 Å². The van der Waals surface area contributed by atoms with Gasteiger partial charge in [0.15, 0.2) is 0 Å². The second-order valence-electron chi connectivity index (χ2n) is 4.22.